The Morgan fingerprint density at radius 1 is 1.32 bits per heavy atom. The third-order valence-electron chi connectivity index (χ3n) is 2.97. The summed E-state index contributed by atoms with van der Waals surface area (Å²) in [5.74, 6) is -0.634. The van der Waals surface area contributed by atoms with Crippen LogP contribution in [0.15, 0.2) is 30.6 Å². The first kappa shape index (κ1) is 16.2. The monoisotopic (exact) mass is 315 g/mol. The lowest BCUT2D eigenvalue weighted by atomic mass is 10.1. The molecule has 0 aliphatic heterocycles. The van der Waals surface area contributed by atoms with Crippen LogP contribution in [0.1, 0.15) is 11.1 Å². The van der Waals surface area contributed by atoms with Crippen molar-refractivity contribution in [2.45, 2.75) is 19.5 Å². The number of phenolic OH excluding ortho intramolecular Hbond substituents is 1. The predicted octanol–water partition coefficient (Wildman–Crippen LogP) is 2.66. The van der Waals surface area contributed by atoms with E-state index in [0.717, 1.165) is 5.56 Å². The molecule has 0 amide bonds. The molecule has 8 heteroatoms. The Labute approximate surface area is 125 Å². The Morgan fingerprint density at radius 3 is 2.64 bits per heavy atom. The molecule has 120 valence electrons. The highest BCUT2D eigenvalue weighted by molar-refractivity contribution is 5.44. The Hall–Kier alpha value is -2.22. The summed E-state index contributed by atoms with van der Waals surface area (Å²) in [4.78, 5) is 1.76. The maximum atomic E-state index is 12.4. The molecular weight excluding hydrogens is 299 g/mol. The molecule has 1 aromatic carbocycles. The predicted molar refractivity (Wildman–Crippen MR) is 73.2 cm³/mol. The molecule has 1 heterocycles. The third kappa shape index (κ3) is 4.39. The minimum Gasteiger partial charge on any atom is -0.507 e. The smallest absolute Gasteiger partial charge is 0.507 e. The van der Waals surface area contributed by atoms with E-state index in [9.17, 15) is 18.3 Å². The van der Waals surface area contributed by atoms with Gasteiger partial charge in [-0.2, -0.15) is 5.10 Å². The van der Waals surface area contributed by atoms with Crippen molar-refractivity contribution in [2.75, 3.05) is 7.05 Å². The third-order valence-corrected chi connectivity index (χ3v) is 2.97. The van der Waals surface area contributed by atoms with Crippen LogP contribution in [0.2, 0.25) is 0 Å². The zero-order valence-electron chi connectivity index (χ0n) is 12.1. The summed E-state index contributed by atoms with van der Waals surface area (Å²) in [5, 5.41) is 13.8. The van der Waals surface area contributed by atoms with Crippen molar-refractivity contribution in [1.82, 2.24) is 14.7 Å². The number of alkyl halides is 3. The summed E-state index contributed by atoms with van der Waals surface area (Å²) in [6.45, 7) is 0.584. The van der Waals surface area contributed by atoms with Crippen LogP contribution in [0.5, 0.6) is 11.5 Å². The second kappa shape index (κ2) is 6.27. The largest absolute Gasteiger partial charge is 0.573 e. The molecule has 0 bridgehead atoms. The summed E-state index contributed by atoms with van der Waals surface area (Å²) >= 11 is 0. The van der Waals surface area contributed by atoms with Crippen LogP contribution in [0.4, 0.5) is 13.2 Å². The molecule has 0 saturated heterocycles. The minimum absolute atomic E-state index is 0.0891. The summed E-state index contributed by atoms with van der Waals surface area (Å²) in [6, 6.07) is 3.82. The molecule has 0 radical (unpaired) electrons. The maximum absolute atomic E-state index is 12.4. The average Bonchev–Trinajstić information content (AvgIpc) is 2.77. The van der Waals surface area contributed by atoms with Gasteiger partial charge in [-0.05, 0) is 19.2 Å². The Balaban J connectivity index is 2.14. The molecule has 0 fully saturated rings. The van der Waals surface area contributed by atoms with Gasteiger partial charge in [-0.1, -0.05) is 6.07 Å². The van der Waals surface area contributed by atoms with Gasteiger partial charge in [0.1, 0.15) is 11.5 Å². The SMILES string of the molecule is CN(Cc1cnn(C)c1)Cc1c(O)cccc1OC(F)(F)F. The van der Waals surface area contributed by atoms with Crippen LogP contribution in [0, 0.1) is 0 Å². The van der Waals surface area contributed by atoms with Gasteiger partial charge in [0.25, 0.3) is 0 Å². The van der Waals surface area contributed by atoms with Gasteiger partial charge in [-0.15, -0.1) is 13.2 Å². The maximum Gasteiger partial charge on any atom is 0.573 e. The van der Waals surface area contributed by atoms with Gasteiger partial charge in [-0.25, -0.2) is 0 Å². The Morgan fingerprint density at radius 2 is 2.05 bits per heavy atom. The Kier molecular flexibility index (Phi) is 4.60. The fraction of sp³-hybridized carbons (Fsp3) is 0.357. The quantitative estimate of drug-likeness (QED) is 0.921. The first-order chi connectivity index (χ1) is 10.2. The van der Waals surface area contributed by atoms with E-state index in [1.54, 1.807) is 29.9 Å². The van der Waals surface area contributed by atoms with Crippen LogP contribution in [0.25, 0.3) is 0 Å². The van der Waals surface area contributed by atoms with Crippen molar-refractivity contribution < 1.29 is 23.0 Å². The number of nitrogens with zero attached hydrogens (tertiary/aromatic N) is 3. The van der Waals surface area contributed by atoms with Gasteiger partial charge in [0.05, 0.1) is 11.8 Å². The number of aromatic hydroxyl groups is 1. The van der Waals surface area contributed by atoms with Crippen LogP contribution >= 0.6 is 0 Å². The van der Waals surface area contributed by atoms with Crippen LogP contribution < -0.4 is 4.74 Å². The number of rotatable bonds is 5. The lowest BCUT2D eigenvalue weighted by molar-refractivity contribution is -0.275. The highest BCUT2D eigenvalue weighted by Gasteiger charge is 2.32. The second-order valence-electron chi connectivity index (χ2n) is 5.00. The van der Waals surface area contributed by atoms with E-state index in [2.05, 4.69) is 9.84 Å². The summed E-state index contributed by atoms with van der Waals surface area (Å²) < 4.78 is 42.8. The lowest BCUT2D eigenvalue weighted by Gasteiger charge is -2.19. The fourth-order valence-corrected chi connectivity index (χ4v) is 2.12. The number of hydrogen-bond acceptors (Lipinski definition) is 4. The standard InChI is InChI=1S/C14H16F3N3O2/c1-19(7-10-6-18-20(2)8-10)9-11-12(21)4-3-5-13(11)22-14(15,16)17/h3-6,8,21H,7,9H2,1-2H3. The van der Waals surface area contributed by atoms with E-state index in [1.165, 1.54) is 18.2 Å². The topological polar surface area (TPSA) is 50.5 Å². The van der Waals surface area contributed by atoms with Crippen molar-refractivity contribution >= 4 is 0 Å². The normalized spacial score (nSPS) is 11.9. The van der Waals surface area contributed by atoms with Crippen LogP contribution in [-0.4, -0.2) is 33.2 Å². The van der Waals surface area contributed by atoms with Gasteiger partial charge in [-0.3, -0.25) is 9.58 Å². The molecule has 0 saturated carbocycles. The van der Waals surface area contributed by atoms with Gasteiger partial charge in [0.15, 0.2) is 0 Å². The summed E-state index contributed by atoms with van der Waals surface area (Å²) in [5.41, 5.74) is 1.00. The number of aryl methyl sites for hydroxylation is 1. The van der Waals surface area contributed by atoms with Crippen molar-refractivity contribution in [3.05, 3.63) is 41.7 Å². The molecule has 0 unspecified atom stereocenters. The Bertz CT molecular complexity index is 641. The minimum atomic E-state index is -4.80. The number of phenols is 1. The first-order valence-electron chi connectivity index (χ1n) is 6.47. The number of aromatic nitrogens is 2. The molecule has 1 N–H and O–H groups in total. The number of halogens is 3. The van der Waals surface area contributed by atoms with E-state index >= 15 is 0 Å². The van der Waals surface area contributed by atoms with Gasteiger partial charge >= 0.3 is 6.36 Å². The molecular formula is C14H16F3N3O2. The van der Waals surface area contributed by atoms with Crippen molar-refractivity contribution in [2.24, 2.45) is 7.05 Å². The number of hydrogen-bond donors (Lipinski definition) is 1. The van der Waals surface area contributed by atoms with Crippen molar-refractivity contribution in [3.63, 3.8) is 0 Å². The van der Waals surface area contributed by atoms with Crippen LogP contribution in [0.3, 0.4) is 0 Å². The first-order valence-corrected chi connectivity index (χ1v) is 6.47. The van der Waals surface area contributed by atoms with Crippen molar-refractivity contribution in [1.29, 1.82) is 0 Å². The number of benzene rings is 1. The molecule has 0 aliphatic rings. The van der Waals surface area contributed by atoms with E-state index in [0.29, 0.717) is 6.54 Å². The second-order valence-corrected chi connectivity index (χ2v) is 5.00. The highest BCUT2D eigenvalue weighted by atomic mass is 19.4. The zero-order valence-corrected chi connectivity index (χ0v) is 12.1. The van der Waals surface area contributed by atoms with E-state index < -0.39 is 12.1 Å². The molecule has 0 spiro atoms. The van der Waals surface area contributed by atoms with E-state index in [-0.39, 0.29) is 17.9 Å². The van der Waals surface area contributed by atoms with E-state index in [4.69, 9.17) is 0 Å². The van der Waals surface area contributed by atoms with Crippen molar-refractivity contribution in [3.8, 4) is 11.5 Å². The molecule has 22 heavy (non-hydrogen) atoms. The molecule has 2 aromatic rings. The zero-order chi connectivity index (χ0) is 16.3. The number of ether oxygens (including phenoxy) is 1. The van der Waals surface area contributed by atoms with Crippen LogP contribution in [-0.2, 0) is 20.1 Å². The highest BCUT2D eigenvalue weighted by Crippen LogP contribution is 2.32. The summed E-state index contributed by atoms with van der Waals surface area (Å²) in [7, 11) is 3.51. The van der Waals surface area contributed by atoms with E-state index in [1.807, 2.05) is 6.20 Å². The molecule has 1 aromatic heterocycles. The summed E-state index contributed by atoms with van der Waals surface area (Å²) in [6.07, 6.45) is -1.31. The average molecular weight is 315 g/mol. The molecule has 2 rings (SSSR count). The molecule has 5 nitrogen and oxygen atoms in total. The van der Waals surface area contributed by atoms with Gasteiger partial charge in [0, 0.05) is 31.9 Å². The molecule has 0 atom stereocenters. The van der Waals surface area contributed by atoms with Gasteiger partial charge in [0.2, 0.25) is 0 Å². The fourth-order valence-electron chi connectivity index (χ4n) is 2.12. The lowest BCUT2D eigenvalue weighted by Crippen LogP contribution is -2.21. The van der Waals surface area contributed by atoms with Gasteiger partial charge < -0.3 is 9.84 Å². The molecule has 0 aliphatic carbocycles.